The van der Waals surface area contributed by atoms with Gasteiger partial charge in [-0.05, 0) is 24.6 Å². The van der Waals surface area contributed by atoms with Crippen LogP contribution in [0.25, 0.3) is 0 Å². The number of esters is 1. The minimum absolute atomic E-state index is 0.0750. The summed E-state index contributed by atoms with van der Waals surface area (Å²) in [5.74, 6) is -0.743. The van der Waals surface area contributed by atoms with E-state index in [0.717, 1.165) is 5.56 Å². The number of carbonyl (C=O) groups excluding carboxylic acids is 1. The lowest BCUT2D eigenvalue weighted by molar-refractivity contribution is 0.0595. The van der Waals surface area contributed by atoms with E-state index < -0.39 is 22.6 Å². The summed E-state index contributed by atoms with van der Waals surface area (Å²) >= 11 is 0. The number of ether oxygens (including phenoxy) is 1. The van der Waals surface area contributed by atoms with Crippen LogP contribution in [-0.2, 0) is 22.1 Å². The minimum Gasteiger partial charge on any atom is -0.465 e. The molecule has 0 aliphatic rings. The third kappa shape index (κ3) is 5.08. The third-order valence-corrected chi connectivity index (χ3v) is 3.55. The van der Waals surface area contributed by atoms with E-state index in [1.807, 2.05) is 6.92 Å². The predicted octanol–water partition coefficient (Wildman–Crippen LogP) is 1.47. The molecule has 1 aromatic rings. The van der Waals surface area contributed by atoms with E-state index in [2.05, 4.69) is 10.1 Å². The van der Waals surface area contributed by atoms with Crippen LogP contribution in [0.3, 0.4) is 0 Å². The van der Waals surface area contributed by atoms with Crippen molar-refractivity contribution in [2.45, 2.75) is 19.5 Å². The summed E-state index contributed by atoms with van der Waals surface area (Å²) in [5.41, 5.74) is 0.646. The van der Waals surface area contributed by atoms with E-state index >= 15 is 0 Å². The molecule has 6 heteroatoms. The van der Waals surface area contributed by atoms with Gasteiger partial charge in [0.25, 0.3) is 0 Å². The largest absolute Gasteiger partial charge is 0.465 e. The molecular weight excluding hydrogens is 269 g/mol. The molecule has 0 saturated carbocycles. The van der Waals surface area contributed by atoms with Crippen molar-refractivity contribution in [3.8, 4) is 0 Å². The molecule has 0 heterocycles. The van der Waals surface area contributed by atoms with Crippen molar-refractivity contribution >= 4 is 16.8 Å². The van der Waals surface area contributed by atoms with Crippen molar-refractivity contribution in [2.75, 3.05) is 19.1 Å². The van der Waals surface area contributed by atoms with Gasteiger partial charge >= 0.3 is 5.97 Å². The van der Waals surface area contributed by atoms with Crippen molar-refractivity contribution in [3.63, 3.8) is 0 Å². The van der Waals surface area contributed by atoms with Gasteiger partial charge in [-0.15, -0.1) is 0 Å². The Morgan fingerprint density at radius 1 is 1.53 bits per heavy atom. The average molecular weight is 287 g/mol. The lowest BCUT2D eigenvalue weighted by Gasteiger charge is -2.12. The monoisotopic (exact) mass is 287 g/mol. The summed E-state index contributed by atoms with van der Waals surface area (Å²) in [5, 5.41) is 3.14. The lowest BCUT2D eigenvalue weighted by atomic mass is 10.1. The molecule has 1 aromatic carbocycles. The maximum atomic E-state index is 13.6. The van der Waals surface area contributed by atoms with Crippen LogP contribution < -0.4 is 5.32 Å². The van der Waals surface area contributed by atoms with Crippen LogP contribution in [0.5, 0.6) is 0 Å². The van der Waals surface area contributed by atoms with E-state index in [0.29, 0.717) is 12.3 Å². The molecule has 0 radical (unpaired) electrons. The Kier molecular flexibility index (Phi) is 6.11. The van der Waals surface area contributed by atoms with Crippen LogP contribution in [0.1, 0.15) is 22.8 Å². The number of hydrogen-bond acceptors (Lipinski definition) is 4. The standard InChI is InChI=1S/C13H18FNO3S/c1-9(8-19(3)17)15-7-10-4-5-11(12(14)6-10)13(16)18-2/h4-6,9,15H,7-8H2,1-3H3. The predicted molar refractivity (Wildman–Crippen MR) is 73.0 cm³/mol. The Balaban J connectivity index is 2.64. The fraction of sp³-hybridized carbons (Fsp3) is 0.462. The Labute approximate surface area is 114 Å². The van der Waals surface area contributed by atoms with E-state index in [1.54, 1.807) is 12.3 Å². The molecule has 0 bridgehead atoms. The molecule has 0 saturated heterocycles. The van der Waals surface area contributed by atoms with Crippen LogP contribution in [-0.4, -0.2) is 35.3 Å². The van der Waals surface area contributed by atoms with Crippen molar-refractivity contribution in [2.24, 2.45) is 0 Å². The highest BCUT2D eigenvalue weighted by Crippen LogP contribution is 2.11. The lowest BCUT2D eigenvalue weighted by Crippen LogP contribution is -2.30. The van der Waals surface area contributed by atoms with Crippen LogP contribution in [0, 0.1) is 5.82 Å². The first kappa shape index (κ1) is 15.8. The number of rotatable bonds is 6. The highest BCUT2D eigenvalue weighted by molar-refractivity contribution is 7.84. The zero-order valence-electron chi connectivity index (χ0n) is 11.2. The molecule has 2 unspecified atom stereocenters. The number of carbonyl (C=O) groups is 1. The summed E-state index contributed by atoms with van der Waals surface area (Å²) in [7, 11) is 0.345. The summed E-state index contributed by atoms with van der Waals surface area (Å²) in [4.78, 5) is 11.2. The van der Waals surface area contributed by atoms with E-state index in [-0.39, 0.29) is 11.6 Å². The zero-order valence-corrected chi connectivity index (χ0v) is 12.1. The highest BCUT2D eigenvalue weighted by atomic mass is 32.2. The van der Waals surface area contributed by atoms with Gasteiger partial charge in [-0.3, -0.25) is 4.21 Å². The van der Waals surface area contributed by atoms with Gasteiger partial charge in [-0.25, -0.2) is 9.18 Å². The topological polar surface area (TPSA) is 55.4 Å². The summed E-state index contributed by atoms with van der Waals surface area (Å²) in [6, 6.07) is 4.45. The fourth-order valence-electron chi connectivity index (χ4n) is 1.65. The number of nitrogens with one attached hydrogen (secondary N) is 1. The van der Waals surface area contributed by atoms with Crippen LogP contribution >= 0.6 is 0 Å². The second-order valence-corrected chi connectivity index (χ2v) is 5.81. The quantitative estimate of drug-likeness (QED) is 0.805. The first-order valence-electron chi connectivity index (χ1n) is 5.84. The maximum Gasteiger partial charge on any atom is 0.340 e. The average Bonchev–Trinajstić information content (AvgIpc) is 2.35. The third-order valence-electron chi connectivity index (χ3n) is 2.58. The first-order chi connectivity index (χ1) is 8.93. The van der Waals surface area contributed by atoms with Crippen molar-refractivity contribution < 1.29 is 18.1 Å². The van der Waals surface area contributed by atoms with Gasteiger partial charge in [0.05, 0.1) is 12.7 Å². The van der Waals surface area contributed by atoms with Gasteiger partial charge in [0.1, 0.15) is 5.82 Å². The number of benzene rings is 1. The molecular formula is C13H18FNO3S. The molecule has 0 fully saturated rings. The number of halogens is 1. The summed E-state index contributed by atoms with van der Waals surface area (Å²) in [6.07, 6.45) is 1.64. The molecule has 0 aromatic heterocycles. The molecule has 106 valence electrons. The second kappa shape index (κ2) is 7.35. The maximum absolute atomic E-state index is 13.6. The smallest absolute Gasteiger partial charge is 0.340 e. The SMILES string of the molecule is COC(=O)c1ccc(CNC(C)CS(C)=O)cc1F. The number of hydrogen-bond donors (Lipinski definition) is 1. The summed E-state index contributed by atoms with van der Waals surface area (Å²) < 4.78 is 29.1. The second-order valence-electron chi connectivity index (χ2n) is 4.33. The van der Waals surface area contributed by atoms with Crippen molar-refractivity contribution in [3.05, 3.63) is 35.1 Å². The van der Waals surface area contributed by atoms with Crippen molar-refractivity contribution in [1.29, 1.82) is 0 Å². The first-order valence-corrected chi connectivity index (χ1v) is 7.57. The van der Waals surface area contributed by atoms with Gasteiger partial charge in [-0.2, -0.15) is 0 Å². The Hall–Kier alpha value is -1.27. The fourth-order valence-corrected chi connectivity index (χ4v) is 2.47. The van der Waals surface area contributed by atoms with Gasteiger partial charge in [-0.1, -0.05) is 6.07 Å². The van der Waals surface area contributed by atoms with Crippen LogP contribution in [0.15, 0.2) is 18.2 Å². The molecule has 19 heavy (non-hydrogen) atoms. The summed E-state index contributed by atoms with van der Waals surface area (Å²) in [6.45, 7) is 2.37. The molecule has 0 amide bonds. The Morgan fingerprint density at radius 2 is 2.21 bits per heavy atom. The van der Waals surface area contributed by atoms with Gasteiger partial charge in [0, 0.05) is 35.4 Å². The zero-order chi connectivity index (χ0) is 14.4. The minimum atomic E-state index is -0.867. The van der Waals surface area contributed by atoms with Crippen molar-refractivity contribution in [1.82, 2.24) is 5.32 Å². The van der Waals surface area contributed by atoms with E-state index in [9.17, 15) is 13.4 Å². The molecule has 4 nitrogen and oxygen atoms in total. The molecule has 1 rings (SSSR count). The van der Waals surface area contributed by atoms with Gasteiger partial charge in [0.15, 0.2) is 0 Å². The van der Waals surface area contributed by atoms with Crippen LogP contribution in [0.2, 0.25) is 0 Å². The van der Waals surface area contributed by atoms with E-state index in [1.165, 1.54) is 19.2 Å². The molecule has 0 aliphatic heterocycles. The molecule has 2 atom stereocenters. The van der Waals surface area contributed by atoms with Gasteiger partial charge in [0.2, 0.25) is 0 Å². The van der Waals surface area contributed by atoms with Crippen LogP contribution in [0.4, 0.5) is 4.39 Å². The molecule has 0 aliphatic carbocycles. The Bertz CT molecular complexity index is 479. The Morgan fingerprint density at radius 3 is 2.74 bits per heavy atom. The van der Waals surface area contributed by atoms with Gasteiger partial charge < -0.3 is 10.1 Å². The van der Waals surface area contributed by atoms with E-state index in [4.69, 9.17) is 0 Å². The number of methoxy groups -OCH3 is 1. The molecule has 1 N–H and O–H groups in total. The normalized spacial score (nSPS) is 13.9. The highest BCUT2D eigenvalue weighted by Gasteiger charge is 2.12. The molecule has 0 spiro atoms.